The summed E-state index contributed by atoms with van der Waals surface area (Å²) in [4.78, 5) is 21.1. The van der Waals surface area contributed by atoms with Crippen molar-refractivity contribution in [1.82, 2.24) is 20.1 Å². The van der Waals surface area contributed by atoms with Gasteiger partial charge in [0.15, 0.2) is 0 Å². The fourth-order valence-corrected chi connectivity index (χ4v) is 5.01. The number of aromatic nitrogens is 3. The van der Waals surface area contributed by atoms with E-state index in [-0.39, 0.29) is 5.91 Å². The number of hydrogen-bond acceptors (Lipinski definition) is 8. The summed E-state index contributed by atoms with van der Waals surface area (Å²) in [5.41, 5.74) is 11.9. The van der Waals surface area contributed by atoms with E-state index in [0.717, 1.165) is 42.0 Å². The van der Waals surface area contributed by atoms with Gasteiger partial charge in [-0.05, 0) is 17.2 Å². The zero-order valence-electron chi connectivity index (χ0n) is 15.5. The van der Waals surface area contributed by atoms with Crippen molar-refractivity contribution in [3.8, 4) is 0 Å². The quantitative estimate of drug-likeness (QED) is 0.522. The van der Waals surface area contributed by atoms with Crippen LogP contribution in [0.1, 0.15) is 26.5 Å². The van der Waals surface area contributed by atoms with E-state index >= 15 is 0 Å². The molecule has 9 heteroatoms. The Balaban J connectivity index is 1.41. The normalized spacial score (nSPS) is 14.1. The Hall–Kier alpha value is -2.88. The minimum absolute atomic E-state index is 0.272. The van der Waals surface area contributed by atoms with Crippen LogP contribution in [0.5, 0.6) is 0 Å². The summed E-state index contributed by atoms with van der Waals surface area (Å²) in [7, 11) is 0. The first-order chi connectivity index (χ1) is 14.2. The van der Waals surface area contributed by atoms with E-state index in [2.05, 4.69) is 50.7 Å². The molecule has 1 aromatic carbocycles. The van der Waals surface area contributed by atoms with E-state index in [9.17, 15) is 4.79 Å². The number of carbonyl (C=O) groups excluding carboxylic acids is 1. The molecule has 1 aliphatic heterocycles. The molecule has 0 spiro atoms. The summed E-state index contributed by atoms with van der Waals surface area (Å²) in [6.45, 7) is 2.70. The van der Waals surface area contributed by atoms with Gasteiger partial charge in [-0.25, -0.2) is 4.98 Å². The predicted octanol–water partition coefficient (Wildman–Crippen LogP) is 3.54. The first-order valence-corrected chi connectivity index (χ1v) is 10.9. The molecule has 0 saturated heterocycles. The van der Waals surface area contributed by atoms with E-state index in [4.69, 9.17) is 10.7 Å². The highest BCUT2D eigenvalue weighted by atomic mass is 32.1. The summed E-state index contributed by atoms with van der Waals surface area (Å²) in [5, 5.41) is 11.6. The third-order valence-electron chi connectivity index (χ3n) is 4.98. The van der Waals surface area contributed by atoms with Crippen LogP contribution in [0.25, 0.3) is 10.2 Å². The number of nitrogens with zero attached hydrogens (tertiary/aromatic N) is 4. The molecule has 1 aliphatic rings. The first kappa shape index (κ1) is 18.2. The molecule has 0 radical (unpaired) electrons. The molecule has 0 aliphatic carbocycles. The molecule has 4 heterocycles. The molecule has 3 aromatic heterocycles. The molecular weight excluding hydrogens is 404 g/mol. The number of anilines is 2. The van der Waals surface area contributed by atoms with Crippen molar-refractivity contribution in [1.29, 1.82) is 0 Å². The number of thiophene rings is 1. The molecule has 0 unspecified atom stereocenters. The summed E-state index contributed by atoms with van der Waals surface area (Å²) in [6, 6.07) is 12.6. The van der Waals surface area contributed by atoms with Crippen LogP contribution in [0.2, 0.25) is 0 Å². The van der Waals surface area contributed by atoms with Gasteiger partial charge in [0.2, 0.25) is 5.13 Å². The average molecular weight is 423 g/mol. The van der Waals surface area contributed by atoms with Crippen LogP contribution in [0.4, 0.5) is 10.8 Å². The molecule has 29 heavy (non-hydrogen) atoms. The van der Waals surface area contributed by atoms with E-state index in [1.807, 2.05) is 6.07 Å². The van der Waals surface area contributed by atoms with Crippen LogP contribution in [0.15, 0.2) is 41.9 Å². The van der Waals surface area contributed by atoms with Gasteiger partial charge in [-0.3, -0.25) is 15.0 Å². The van der Waals surface area contributed by atoms with Gasteiger partial charge in [0, 0.05) is 37.1 Å². The molecule has 0 fully saturated rings. The summed E-state index contributed by atoms with van der Waals surface area (Å²) >= 11 is 2.59. The highest BCUT2D eigenvalue weighted by Gasteiger charge is 2.23. The van der Waals surface area contributed by atoms with Gasteiger partial charge in [0.25, 0.3) is 5.91 Å². The molecule has 0 bridgehead atoms. The Bertz CT molecular complexity index is 1170. The molecule has 7 nitrogen and oxygen atoms in total. The highest BCUT2D eigenvalue weighted by Crippen LogP contribution is 2.35. The van der Waals surface area contributed by atoms with Crippen molar-refractivity contribution >= 4 is 49.6 Å². The molecule has 0 saturated carbocycles. The van der Waals surface area contributed by atoms with Crippen LogP contribution in [-0.4, -0.2) is 32.5 Å². The van der Waals surface area contributed by atoms with E-state index in [0.29, 0.717) is 15.7 Å². The van der Waals surface area contributed by atoms with Crippen LogP contribution < -0.4 is 11.1 Å². The number of fused-ring (bicyclic) bond motifs is 2. The van der Waals surface area contributed by atoms with Crippen molar-refractivity contribution in [2.45, 2.75) is 19.5 Å². The largest absolute Gasteiger partial charge is 0.397 e. The highest BCUT2D eigenvalue weighted by molar-refractivity contribution is 7.21. The number of amides is 1. The second kappa shape index (κ2) is 7.51. The number of nitrogens with one attached hydrogen (secondary N) is 1. The van der Waals surface area contributed by atoms with Crippen LogP contribution >= 0.6 is 22.7 Å². The monoisotopic (exact) mass is 422 g/mol. The van der Waals surface area contributed by atoms with Gasteiger partial charge in [-0.2, -0.15) is 0 Å². The van der Waals surface area contributed by atoms with E-state index in [1.54, 1.807) is 5.51 Å². The number of rotatable bonds is 4. The van der Waals surface area contributed by atoms with Crippen LogP contribution in [0, 0.1) is 0 Å². The minimum Gasteiger partial charge on any atom is -0.397 e. The van der Waals surface area contributed by atoms with Gasteiger partial charge in [0.05, 0.1) is 5.69 Å². The third-order valence-corrected chi connectivity index (χ3v) is 6.70. The number of nitrogen functional groups attached to an aromatic ring is 1. The lowest BCUT2D eigenvalue weighted by atomic mass is 10.0. The van der Waals surface area contributed by atoms with Crippen molar-refractivity contribution in [3.05, 3.63) is 63.6 Å². The molecule has 4 aromatic rings. The number of nitrogens with two attached hydrogens (primary N) is 1. The fourth-order valence-electron chi connectivity index (χ4n) is 3.58. The smallest absolute Gasteiger partial charge is 0.269 e. The zero-order chi connectivity index (χ0) is 19.8. The maximum absolute atomic E-state index is 12.6. The van der Waals surface area contributed by atoms with Crippen LogP contribution in [0.3, 0.4) is 0 Å². The topological polar surface area (TPSA) is 97.0 Å². The second-order valence-electron chi connectivity index (χ2n) is 6.94. The van der Waals surface area contributed by atoms with E-state index < -0.39 is 0 Å². The van der Waals surface area contributed by atoms with Gasteiger partial charge in [-0.15, -0.1) is 21.5 Å². The van der Waals surface area contributed by atoms with Crippen molar-refractivity contribution < 1.29 is 4.79 Å². The molecule has 1 amide bonds. The number of pyridine rings is 1. The average Bonchev–Trinajstić information content (AvgIpc) is 3.35. The molecular formula is C20H18N6OS2. The third kappa shape index (κ3) is 3.59. The number of benzene rings is 1. The Kier molecular flexibility index (Phi) is 4.70. The SMILES string of the molecule is Nc1c(C(=O)Nc2nncs2)sc2nc3c(cc12)CN(Cc1ccccc1)CC3. The lowest BCUT2D eigenvalue weighted by Crippen LogP contribution is -2.30. The fraction of sp³-hybridized carbons (Fsp3) is 0.200. The Morgan fingerprint density at radius 1 is 1.28 bits per heavy atom. The summed E-state index contributed by atoms with van der Waals surface area (Å²) < 4.78 is 0. The lowest BCUT2D eigenvalue weighted by Gasteiger charge is -2.28. The molecule has 146 valence electrons. The number of hydrogen-bond donors (Lipinski definition) is 2. The van der Waals surface area contributed by atoms with Gasteiger partial charge >= 0.3 is 0 Å². The van der Waals surface area contributed by atoms with Crippen LogP contribution in [-0.2, 0) is 19.5 Å². The second-order valence-corrected chi connectivity index (χ2v) is 8.77. The Labute approximate surface area is 175 Å². The number of carbonyl (C=O) groups is 1. The maximum atomic E-state index is 12.6. The van der Waals surface area contributed by atoms with E-state index in [1.165, 1.54) is 33.8 Å². The molecule has 3 N–H and O–H groups in total. The zero-order valence-corrected chi connectivity index (χ0v) is 17.1. The van der Waals surface area contributed by atoms with Crippen molar-refractivity contribution in [2.24, 2.45) is 0 Å². The Morgan fingerprint density at radius 2 is 2.14 bits per heavy atom. The predicted molar refractivity (Wildman–Crippen MR) is 116 cm³/mol. The standard InChI is InChI=1S/C20H18N6OS2/c21-16-14-8-13-10-26(9-12-4-2-1-3-5-12)7-6-15(13)23-19(14)29-17(16)18(27)24-20-25-22-11-28-20/h1-5,8,11H,6-7,9-10,21H2,(H,24,25,27). The molecule has 5 rings (SSSR count). The van der Waals surface area contributed by atoms with Gasteiger partial charge in [-0.1, -0.05) is 41.7 Å². The molecule has 0 atom stereocenters. The lowest BCUT2D eigenvalue weighted by molar-refractivity contribution is 0.103. The van der Waals surface area contributed by atoms with Gasteiger partial charge in [0.1, 0.15) is 15.2 Å². The maximum Gasteiger partial charge on any atom is 0.269 e. The Morgan fingerprint density at radius 3 is 2.93 bits per heavy atom. The summed E-state index contributed by atoms with van der Waals surface area (Å²) in [6.07, 6.45) is 0.891. The first-order valence-electron chi connectivity index (χ1n) is 9.22. The van der Waals surface area contributed by atoms with Gasteiger partial charge < -0.3 is 5.73 Å². The summed E-state index contributed by atoms with van der Waals surface area (Å²) in [5.74, 6) is -0.272. The van der Waals surface area contributed by atoms with Crippen molar-refractivity contribution in [2.75, 3.05) is 17.6 Å². The minimum atomic E-state index is -0.272. The van der Waals surface area contributed by atoms with Crippen molar-refractivity contribution in [3.63, 3.8) is 0 Å².